The lowest BCUT2D eigenvalue weighted by atomic mass is 10.1. The number of methoxy groups -OCH3 is 1. The smallest absolute Gasteiger partial charge is 0.0716 e. The van der Waals surface area contributed by atoms with Gasteiger partial charge in [0.25, 0.3) is 0 Å². The molecule has 4 nitrogen and oxygen atoms in total. The van der Waals surface area contributed by atoms with E-state index in [-0.39, 0.29) is 6.04 Å². The maximum Gasteiger partial charge on any atom is 0.0716 e. The first-order valence-electron chi connectivity index (χ1n) is 6.09. The molecule has 0 saturated carbocycles. The van der Waals surface area contributed by atoms with Gasteiger partial charge in [-0.15, -0.1) is 0 Å². The van der Waals surface area contributed by atoms with E-state index < -0.39 is 0 Å². The lowest BCUT2D eigenvalue weighted by Crippen LogP contribution is -2.19. The molecule has 1 unspecified atom stereocenters. The molecule has 0 bridgehead atoms. The highest BCUT2D eigenvalue weighted by atomic mass is 16.5. The molecule has 1 aromatic carbocycles. The van der Waals surface area contributed by atoms with Crippen molar-refractivity contribution in [3.63, 3.8) is 0 Å². The van der Waals surface area contributed by atoms with E-state index in [1.165, 1.54) is 11.1 Å². The third-order valence-electron chi connectivity index (χ3n) is 3.01. The second kappa shape index (κ2) is 6.33. The van der Waals surface area contributed by atoms with E-state index in [4.69, 9.17) is 4.74 Å². The van der Waals surface area contributed by atoms with Crippen LogP contribution in [0.4, 0.5) is 0 Å². The lowest BCUT2D eigenvalue weighted by molar-refractivity contribution is 0.184. The number of rotatable bonds is 6. The number of hydrogen-bond acceptors (Lipinski definition) is 3. The highest BCUT2D eigenvalue weighted by Crippen LogP contribution is 2.13. The molecule has 18 heavy (non-hydrogen) atoms. The Hall–Kier alpha value is -1.65. The van der Waals surface area contributed by atoms with Crippen molar-refractivity contribution < 1.29 is 4.74 Å². The average Bonchev–Trinajstić information content (AvgIpc) is 2.92. The van der Waals surface area contributed by atoms with Gasteiger partial charge in [-0.3, -0.25) is 5.10 Å². The highest BCUT2D eigenvalue weighted by Gasteiger charge is 2.07. The Morgan fingerprint density at radius 3 is 2.72 bits per heavy atom. The number of benzene rings is 1. The van der Waals surface area contributed by atoms with Crippen LogP contribution < -0.4 is 5.32 Å². The number of aromatic amines is 1. The normalized spacial score (nSPS) is 12.6. The Bertz CT molecular complexity index is 468. The van der Waals surface area contributed by atoms with E-state index in [1.54, 1.807) is 13.3 Å². The summed E-state index contributed by atoms with van der Waals surface area (Å²) in [6.07, 6.45) is 1.77. The minimum Gasteiger partial charge on any atom is -0.380 e. The first kappa shape index (κ1) is 12.8. The van der Waals surface area contributed by atoms with E-state index in [1.807, 2.05) is 12.1 Å². The standard InChI is InChI=1S/C14H19N3O/c1-11(14-7-8-16-17-14)15-9-12-5-3-4-6-13(12)10-18-2/h3-8,11,15H,9-10H2,1-2H3,(H,16,17). The van der Waals surface area contributed by atoms with Gasteiger partial charge in [0.15, 0.2) is 0 Å². The summed E-state index contributed by atoms with van der Waals surface area (Å²) in [7, 11) is 1.72. The first-order valence-corrected chi connectivity index (χ1v) is 6.09. The molecule has 96 valence electrons. The van der Waals surface area contributed by atoms with Crippen LogP contribution in [0.25, 0.3) is 0 Å². The van der Waals surface area contributed by atoms with Gasteiger partial charge in [-0.1, -0.05) is 24.3 Å². The second-order valence-electron chi connectivity index (χ2n) is 4.32. The Balaban J connectivity index is 1.97. The van der Waals surface area contributed by atoms with Crippen LogP contribution in [0, 0.1) is 0 Å². The van der Waals surface area contributed by atoms with Gasteiger partial charge < -0.3 is 10.1 Å². The molecule has 1 atom stereocenters. The Labute approximate surface area is 107 Å². The topological polar surface area (TPSA) is 49.9 Å². The Morgan fingerprint density at radius 1 is 1.28 bits per heavy atom. The van der Waals surface area contributed by atoms with Gasteiger partial charge >= 0.3 is 0 Å². The number of ether oxygens (including phenoxy) is 1. The van der Waals surface area contributed by atoms with E-state index in [9.17, 15) is 0 Å². The molecular weight excluding hydrogens is 226 g/mol. The van der Waals surface area contributed by atoms with E-state index in [0.29, 0.717) is 6.61 Å². The maximum atomic E-state index is 5.20. The summed E-state index contributed by atoms with van der Waals surface area (Å²) >= 11 is 0. The van der Waals surface area contributed by atoms with Crippen molar-refractivity contribution in [1.29, 1.82) is 0 Å². The van der Waals surface area contributed by atoms with Crippen molar-refractivity contribution in [2.75, 3.05) is 7.11 Å². The molecule has 0 fully saturated rings. The first-order chi connectivity index (χ1) is 8.81. The van der Waals surface area contributed by atoms with Gasteiger partial charge in [0, 0.05) is 25.9 Å². The quantitative estimate of drug-likeness (QED) is 0.821. The van der Waals surface area contributed by atoms with Crippen LogP contribution in [0.3, 0.4) is 0 Å². The van der Waals surface area contributed by atoms with Gasteiger partial charge in [-0.25, -0.2) is 0 Å². The van der Waals surface area contributed by atoms with Crippen LogP contribution in [0.15, 0.2) is 36.5 Å². The maximum absolute atomic E-state index is 5.20. The van der Waals surface area contributed by atoms with E-state index in [0.717, 1.165) is 12.2 Å². The number of aromatic nitrogens is 2. The molecule has 1 heterocycles. The molecule has 2 aromatic rings. The van der Waals surface area contributed by atoms with Crippen molar-refractivity contribution in [3.05, 3.63) is 53.3 Å². The average molecular weight is 245 g/mol. The van der Waals surface area contributed by atoms with Gasteiger partial charge in [0.05, 0.1) is 12.3 Å². The summed E-state index contributed by atoms with van der Waals surface area (Å²) < 4.78 is 5.20. The zero-order valence-corrected chi connectivity index (χ0v) is 10.8. The fourth-order valence-electron chi connectivity index (χ4n) is 1.91. The number of nitrogens with zero attached hydrogens (tertiary/aromatic N) is 1. The Kier molecular flexibility index (Phi) is 4.50. The summed E-state index contributed by atoms with van der Waals surface area (Å²) in [5, 5.41) is 10.4. The Morgan fingerprint density at radius 2 is 2.06 bits per heavy atom. The van der Waals surface area contributed by atoms with Gasteiger partial charge in [-0.2, -0.15) is 5.10 Å². The third kappa shape index (κ3) is 3.18. The summed E-state index contributed by atoms with van der Waals surface area (Å²) in [5.74, 6) is 0. The van der Waals surface area contributed by atoms with Crippen LogP contribution in [-0.2, 0) is 17.9 Å². The van der Waals surface area contributed by atoms with Crippen molar-refractivity contribution in [1.82, 2.24) is 15.5 Å². The molecule has 0 aliphatic rings. The largest absolute Gasteiger partial charge is 0.380 e. The molecule has 0 aliphatic heterocycles. The monoisotopic (exact) mass is 245 g/mol. The highest BCUT2D eigenvalue weighted by molar-refractivity contribution is 5.26. The van der Waals surface area contributed by atoms with Crippen molar-refractivity contribution in [2.24, 2.45) is 0 Å². The van der Waals surface area contributed by atoms with Gasteiger partial charge in [0.1, 0.15) is 0 Å². The molecule has 2 rings (SSSR count). The minimum absolute atomic E-state index is 0.253. The summed E-state index contributed by atoms with van der Waals surface area (Å²) in [4.78, 5) is 0. The molecule has 2 N–H and O–H groups in total. The summed E-state index contributed by atoms with van der Waals surface area (Å²) in [6.45, 7) is 3.59. The molecule has 0 saturated heterocycles. The van der Waals surface area contributed by atoms with Crippen LogP contribution in [0.1, 0.15) is 29.8 Å². The second-order valence-corrected chi connectivity index (χ2v) is 4.32. The zero-order chi connectivity index (χ0) is 12.8. The number of H-pyrrole nitrogens is 1. The number of hydrogen-bond donors (Lipinski definition) is 2. The molecular formula is C14H19N3O. The van der Waals surface area contributed by atoms with E-state index >= 15 is 0 Å². The van der Waals surface area contributed by atoms with Gasteiger partial charge in [-0.05, 0) is 24.1 Å². The fourth-order valence-corrected chi connectivity index (χ4v) is 1.91. The molecule has 0 radical (unpaired) electrons. The molecule has 0 amide bonds. The number of nitrogens with one attached hydrogen (secondary N) is 2. The SMILES string of the molecule is COCc1ccccc1CNC(C)c1ccn[nH]1. The third-order valence-corrected chi connectivity index (χ3v) is 3.01. The zero-order valence-electron chi connectivity index (χ0n) is 10.8. The molecule has 4 heteroatoms. The predicted octanol–water partition coefficient (Wildman–Crippen LogP) is 2.41. The molecule has 0 aliphatic carbocycles. The van der Waals surface area contributed by atoms with E-state index in [2.05, 4.69) is 40.6 Å². The van der Waals surface area contributed by atoms with Crippen molar-refractivity contribution in [2.45, 2.75) is 26.1 Å². The van der Waals surface area contributed by atoms with Crippen LogP contribution in [-0.4, -0.2) is 17.3 Å². The predicted molar refractivity (Wildman–Crippen MR) is 71.0 cm³/mol. The van der Waals surface area contributed by atoms with Crippen LogP contribution in [0.2, 0.25) is 0 Å². The minimum atomic E-state index is 0.253. The summed E-state index contributed by atoms with van der Waals surface area (Å²) in [5.41, 5.74) is 3.59. The van der Waals surface area contributed by atoms with Crippen molar-refractivity contribution in [3.8, 4) is 0 Å². The lowest BCUT2D eigenvalue weighted by Gasteiger charge is -2.14. The van der Waals surface area contributed by atoms with Crippen molar-refractivity contribution >= 4 is 0 Å². The summed E-state index contributed by atoms with van der Waals surface area (Å²) in [6, 6.07) is 10.6. The fraction of sp³-hybridized carbons (Fsp3) is 0.357. The molecule has 0 spiro atoms. The molecule has 1 aromatic heterocycles. The van der Waals surface area contributed by atoms with Crippen LogP contribution >= 0.6 is 0 Å². The van der Waals surface area contributed by atoms with Gasteiger partial charge in [0.2, 0.25) is 0 Å². The van der Waals surface area contributed by atoms with Crippen LogP contribution in [0.5, 0.6) is 0 Å².